The molecule has 1 aromatic rings. The fourth-order valence-corrected chi connectivity index (χ4v) is 3.53. The molecule has 0 aromatic carbocycles. The molecule has 4 heteroatoms. The van der Waals surface area contributed by atoms with E-state index in [9.17, 15) is 0 Å². The molecule has 3 aliphatic carbocycles. The Balaban J connectivity index is 1.64. The fraction of sp³-hybridized carbons (Fsp3) is 0.500. The van der Waals surface area contributed by atoms with Gasteiger partial charge in [0.05, 0.1) is 0 Å². The number of hydrogen-bond acceptors (Lipinski definition) is 4. The zero-order valence-corrected chi connectivity index (χ0v) is 11.8. The summed E-state index contributed by atoms with van der Waals surface area (Å²) in [7, 11) is 0. The second kappa shape index (κ2) is 4.93. The topological polar surface area (TPSA) is 77.8 Å². The Morgan fingerprint density at radius 2 is 2.25 bits per heavy atom. The number of fused-ring (bicyclic) bond motifs is 2. The highest BCUT2D eigenvalue weighted by atomic mass is 15.0. The number of nitrogen functional groups attached to an aromatic ring is 2. The van der Waals surface area contributed by atoms with Crippen LogP contribution < -0.4 is 11.5 Å². The van der Waals surface area contributed by atoms with Crippen LogP contribution in [-0.4, -0.2) is 9.97 Å². The van der Waals surface area contributed by atoms with E-state index in [1.54, 1.807) is 6.20 Å². The molecule has 0 saturated heterocycles. The molecule has 1 heterocycles. The number of nitrogens with two attached hydrogens (primary N) is 2. The predicted octanol–water partition coefficient (Wildman–Crippen LogP) is 2.88. The van der Waals surface area contributed by atoms with E-state index < -0.39 is 0 Å². The summed E-state index contributed by atoms with van der Waals surface area (Å²) in [5.74, 6) is 1.49. The summed E-state index contributed by atoms with van der Waals surface area (Å²) >= 11 is 0. The molecule has 106 valence electrons. The van der Waals surface area contributed by atoms with Gasteiger partial charge >= 0.3 is 0 Å². The Morgan fingerprint density at radius 1 is 1.40 bits per heavy atom. The number of allylic oxidation sites excluding steroid dienone is 3. The number of rotatable bonds is 4. The van der Waals surface area contributed by atoms with Gasteiger partial charge in [-0.3, -0.25) is 0 Å². The first-order valence-corrected chi connectivity index (χ1v) is 7.33. The summed E-state index contributed by atoms with van der Waals surface area (Å²) < 4.78 is 0. The third kappa shape index (κ3) is 2.30. The van der Waals surface area contributed by atoms with Gasteiger partial charge in [0.25, 0.3) is 0 Å². The van der Waals surface area contributed by atoms with E-state index in [1.165, 1.54) is 24.8 Å². The highest BCUT2D eigenvalue weighted by Crippen LogP contribution is 2.51. The van der Waals surface area contributed by atoms with Crippen molar-refractivity contribution in [3.05, 3.63) is 36.1 Å². The van der Waals surface area contributed by atoms with Crippen LogP contribution in [0.3, 0.4) is 0 Å². The summed E-state index contributed by atoms with van der Waals surface area (Å²) in [5, 5.41) is 0. The minimum Gasteiger partial charge on any atom is -0.383 e. The minimum atomic E-state index is 0.234. The predicted molar refractivity (Wildman–Crippen MR) is 81.8 cm³/mol. The van der Waals surface area contributed by atoms with Crippen LogP contribution in [-0.2, 0) is 6.42 Å². The number of aryl methyl sites for hydroxylation is 1. The van der Waals surface area contributed by atoms with E-state index in [-0.39, 0.29) is 11.4 Å². The van der Waals surface area contributed by atoms with Crippen molar-refractivity contribution in [3.8, 4) is 0 Å². The van der Waals surface area contributed by atoms with Crippen LogP contribution >= 0.6 is 0 Å². The van der Waals surface area contributed by atoms with E-state index in [4.69, 9.17) is 11.5 Å². The molecule has 1 saturated carbocycles. The maximum atomic E-state index is 5.88. The molecule has 0 spiro atoms. The van der Waals surface area contributed by atoms with Gasteiger partial charge in [0.15, 0.2) is 0 Å². The van der Waals surface area contributed by atoms with Crippen LogP contribution in [0.15, 0.2) is 30.5 Å². The molecule has 4 rings (SSSR count). The molecule has 20 heavy (non-hydrogen) atoms. The number of nitrogens with zero attached hydrogens (tertiary/aromatic N) is 2. The maximum absolute atomic E-state index is 5.88. The molecule has 3 aliphatic rings. The summed E-state index contributed by atoms with van der Waals surface area (Å²) in [6.07, 6.45) is 13.4. The number of aromatic nitrogens is 2. The van der Waals surface area contributed by atoms with Crippen molar-refractivity contribution in [2.24, 2.45) is 11.3 Å². The standard InChI is InChI=1S/C16H22N4/c1-11-9-12-4-7-16(11,8-5-12)6-2-3-13-10-19-15(18)20-14(13)17/h4,7,10,12H,1-3,5-6,8-9H2,(H4,17,18,19,20). The van der Waals surface area contributed by atoms with Crippen LogP contribution in [0, 0.1) is 11.3 Å². The zero-order chi connectivity index (χ0) is 14.2. The molecule has 2 bridgehead atoms. The van der Waals surface area contributed by atoms with Gasteiger partial charge in [-0.25, -0.2) is 4.98 Å². The molecule has 1 fully saturated rings. The second-order valence-electron chi connectivity index (χ2n) is 6.11. The van der Waals surface area contributed by atoms with Gasteiger partial charge in [0.1, 0.15) is 5.82 Å². The van der Waals surface area contributed by atoms with Crippen LogP contribution in [0.2, 0.25) is 0 Å². The first-order chi connectivity index (χ1) is 9.59. The third-order valence-electron chi connectivity index (χ3n) is 4.85. The highest BCUT2D eigenvalue weighted by Gasteiger charge is 2.38. The van der Waals surface area contributed by atoms with Gasteiger partial charge in [-0.2, -0.15) is 4.98 Å². The van der Waals surface area contributed by atoms with Crippen molar-refractivity contribution < 1.29 is 0 Å². The zero-order valence-electron chi connectivity index (χ0n) is 11.8. The quantitative estimate of drug-likeness (QED) is 0.825. The first kappa shape index (κ1) is 13.2. The monoisotopic (exact) mass is 270 g/mol. The van der Waals surface area contributed by atoms with Gasteiger partial charge in [-0.15, -0.1) is 0 Å². The molecular formula is C16H22N4. The van der Waals surface area contributed by atoms with E-state index in [0.29, 0.717) is 5.82 Å². The van der Waals surface area contributed by atoms with Crippen LogP contribution in [0.25, 0.3) is 0 Å². The van der Waals surface area contributed by atoms with Crippen LogP contribution in [0.1, 0.15) is 37.7 Å². The van der Waals surface area contributed by atoms with Crippen molar-refractivity contribution >= 4 is 11.8 Å². The maximum Gasteiger partial charge on any atom is 0.221 e. The lowest BCUT2D eigenvalue weighted by molar-refractivity contribution is 0.264. The normalized spacial score (nSPS) is 28.0. The molecule has 4 nitrogen and oxygen atoms in total. The van der Waals surface area contributed by atoms with E-state index in [0.717, 1.165) is 30.7 Å². The summed E-state index contributed by atoms with van der Waals surface area (Å²) in [4.78, 5) is 8.03. The molecule has 0 aliphatic heterocycles. The lowest BCUT2D eigenvalue weighted by Crippen LogP contribution is -2.31. The lowest BCUT2D eigenvalue weighted by Gasteiger charge is -2.44. The SMILES string of the molecule is C=C1CC2C=CC1(CCCc1cnc(N)nc1N)CC2. The highest BCUT2D eigenvalue weighted by molar-refractivity contribution is 5.41. The van der Waals surface area contributed by atoms with Crippen LogP contribution in [0.5, 0.6) is 0 Å². The Hall–Kier alpha value is -1.84. The summed E-state index contributed by atoms with van der Waals surface area (Å²) in [6.45, 7) is 4.31. The van der Waals surface area contributed by atoms with Crippen molar-refractivity contribution in [3.63, 3.8) is 0 Å². The van der Waals surface area contributed by atoms with Gasteiger partial charge in [-0.05, 0) is 44.4 Å². The van der Waals surface area contributed by atoms with Crippen molar-refractivity contribution in [2.75, 3.05) is 11.5 Å². The Morgan fingerprint density at radius 3 is 2.90 bits per heavy atom. The Bertz CT molecular complexity index is 564. The average molecular weight is 270 g/mol. The van der Waals surface area contributed by atoms with Gasteiger partial charge in [-0.1, -0.05) is 24.3 Å². The minimum absolute atomic E-state index is 0.234. The molecule has 0 amide bonds. The smallest absolute Gasteiger partial charge is 0.221 e. The van der Waals surface area contributed by atoms with E-state index >= 15 is 0 Å². The number of anilines is 2. The van der Waals surface area contributed by atoms with Gasteiger partial charge in [0.2, 0.25) is 5.95 Å². The van der Waals surface area contributed by atoms with E-state index in [1.807, 2.05) is 0 Å². The second-order valence-corrected chi connectivity index (χ2v) is 6.11. The van der Waals surface area contributed by atoms with Crippen molar-refractivity contribution in [1.29, 1.82) is 0 Å². The molecule has 2 unspecified atom stereocenters. The largest absolute Gasteiger partial charge is 0.383 e. The van der Waals surface area contributed by atoms with E-state index in [2.05, 4.69) is 28.7 Å². The molecular weight excluding hydrogens is 248 g/mol. The third-order valence-corrected chi connectivity index (χ3v) is 4.85. The summed E-state index contributed by atoms with van der Waals surface area (Å²) in [6, 6.07) is 0. The van der Waals surface area contributed by atoms with Gasteiger partial charge < -0.3 is 11.5 Å². The number of hydrogen-bond donors (Lipinski definition) is 2. The fourth-order valence-electron chi connectivity index (χ4n) is 3.53. The Kier molecular flexibility index (Phi) is 3.24. The average Bonchev–Trinajstić information content (AvgIpc) is 2.43. The van der Waals surface area contributed by atoms with Crippen molar-refractivity contribution in [2.45, 2.75) is 38.5 Å². The first-order valence-electron chi connectivity index (χ1n) is 7.33. The Labute approximate surface area is 120 Å². The summed E-state index contributed by atoms with van der Waals surface area (Å²) in [5.41, 5.74) is 14.0. The van der Waals surface area contributed by atoms with Crippen molar-refractivity contribution in [1.82, 2.24) is 9.97 Å². The lowest BCUT2D eigenvalue weighted by atomic mass is 9.61. The van der Waals surface area contributed by atoms with Gasteiger partial charge in [0, 0.05) is 17.2 Å². The van der Waals surface area contributed by atoms with Crippen LogP contribution in [0.4, 0.5) is 11.8 Å². The molecule has 0 radical (unpaired) electrons. The molecule has 2 atom stereocenters. The molecule has 1 aromatic heterocycles. The molecule has 4 N–H and O–H groups in total.